The number of nitrogens with zero attached hydrogens (tertiary/aromatic N) is 4. The standard InChI is InChI=1S/C23H30F2N4O/c1-17-6-4-7-19(10-17)12-28-15-22(14-23(24,25)16-28)8-5-9-29(21(22)30)13-20-11-18(2)26-27(20)3/h4,6-7,10-11H,5,8-9,12-16H2,1-3H3/t22-/m0/s1. The number of alkyl halides is 2. The average molecular weight is 417 g/mol. The number of amides is 1. The molecule has 0 unspecified atom stereocenters. The van der Waals surface area contributed by atoms with Crippen molar-refractivity contribution in [3.63, 3.8) is 0 Å². The number of carbonyl (C=O) groups is 1. The molecular formula is C23H30F2N4O. The van der Waals surface area contributed by atoms with Crippen LogP contribution in [0.1, 0.15) is 41.8 Å². The highest BCUT2D eigenvalue weighted by Gasteiger charge is 2.55. The monoisotopic (exact) mass is 416 g/mol. The van der Waals surface area contributed by atoms with Crippen molar-refractivity contribution in [3.8, 4) is 0 Å². The quantitative estimate of drug-likeness (QED) is 0.763. The number of halogens is 2. The van der Waals surface area contributed by atoms with Crippen molar-refractivity contribution < 1.29 is 13.6 Å². The molecule has 2 aliphatic heterocycles. The first-order valence-electron chi connectivity index (χ1n) is 10.6. The first-order chi connectivity index (χ1) is 14.2. The molecule has 1 aromatic carbocycles. The lowest BCUT2D eigenvalue weighted by atomic mass is 9.71. The summed E-state index contributed by atoms with van der Waals surface area (Å²) >= 11 is 0. The molecular weight excluding hydrogens is 386 g/mol. The van der Waals surface area contributed by atoms with E-state index in [1.807, 2.05) is 51.2 Å². The van der Waals surface area contributed by atoms with Crippen LogP contribution in [0, 0.1) is 19.3 Å². The lowest BCUT2D eigenvalue weighted by molar-refractivity contribution is -0.171. The summed E-state index contributed by atoms with van der Waals surface area (Å²) in [6.07, 6.45) is 0.910. The Morgan fingerprint density at radius 2 is 1.93 bits per heavy atom. The van der Waals surface area contributed by atoms with E-state index in [2.05, 4.69) is 5.10 Å². The third-order valence-electron chi connectivity index (χ3n) is 6.34. The van der Waals surface area contributed by atoms with E-state index in [-0.39, 0.29) is 18.9 Å². The number of aryl methyl sites for hydroxylation is 3. The second kappa shape index (κ2) is 7.76. The van der Waals surface area contributed by atoms with E-state index in [0.29, 0.717) is 32.6 Å². The van der Waals surface area contributed by atoms with Crippen molar-refractivity contribution >= 4 is 5.91 Å². The molecule has 0 saturated carbocycles. The Balaban J connectivity index is 1.55. The highest BCUT2D eigenvalue weighted by molar-refractivity contribution is 5.84. The number of likely N-dealkylation sites (tertiary alicyclic amines) is 2. The maximum atomic E-state index is 14.8. The van der Waals surface area contributed by atoms with E-state index in [0.717, 1.165) is 28.9 Å². The lowest BCUT2D eigenvalue weighted by Crippen LogP contribution is -2.60. The van der Waals surface area contributed by atoms with Crippen LogP contribution in [-0.2, 0) is 24.9 Å². The van der Waals surface area contributed by atoms with Crippen molar-refractivity contribution in [2.24, 2.45) is 12.5 Å². The van der Waals surface area contributed by atoms with Crippen LogP contribution < -0.4 is 0 Å². The summed E-state index contributed by atoms with van der Waals surface area (Å²) in [6.45, 7) is 5.46. The van der Waals surface area contributed by atoms with Gasteiger partial charge in [-0.3, -0.25) is 14.4 Å². The molecule has 3 heterocycles. The summed E-state index contributed by atoms with van der Waals surface area (Å²) in [5.74, 6) is -3.01. The second-order valence-corrected chi connectivity index (χ2v) is 9.18. The zero-order valence-corrected chi connectivity index (χ0v) is 18.0. The first-order valence-corrected chi connectivity index (χ1v) is 10.6. The predicted octanol–water partition coefficient (Wildman–Crippen LogP) is 3.69. The van der Waals surface area contributed by atoms with Crippen LogP contribution in [0.2, 0.25) is 0 Å². The molecule has 0 radical (unpaired) electrons. The van der Waals surface area contributed by atoms with Gasteiger partial charge < -0.3 is 4.90 Å². The number of piperidine rings is 2. The fraction of sp³-hybridized carbons (Fsp3) is 0.565. The van der Waals surface area contributed by atoms with Gasteiger partial charge in [0.1, 0.15) is 0 Å². The van der Waals surface area contributed by atoms with Crippen LogP contribution >= 0.6 is 0 Å². The fourth-order valence-corrected chi connectivity index (χ4v) is 5.22. The summed E-state index contributed by atoms with van der Waals surface area (Å²) in [4.78, 5) is 17.0. The smallest absolute Gasteiger partial charge is 0.261 e. The summed E-state index contributed by atoms with van der Waals surface area (Å²) in [5.41, 5.74) is 2.92. The summed E-state index contributed by atoms with van der Waals surface area (Å²) in [7, 11) is 1.85. The van der Waals surface area contributed by atoms with Crippen LogP contribution in [0.15, 0.2) is 30.3 Å². The topological polar surface area (TPSA) is 41.4 Å². The van der Waals surface area contributed by atoms with Gasteiger partial charge in [-0.2, -0.15) is 5.10 Å². The van der Waals surface area contributed by atoms with Crippen molar-refractivity contribution in [2.45, 2.75) is 52.1 Å². The van der Waals surface area contributed by atoms with Gasteiger partial charge in [0, 0.05) is 33.1 Å². The Bertz CT molecular complexity index is 941. The molecule has 7 heteroatoms. The largest absolute Gasteiger partial charge is 0.336 e. The minimum absolute atomic E-state index is 0.138. The van der Waals surface area contributed by atoms with E-state index < -0.39 is 11.3 Å². The normalized spacial score (nSPS) is 24.6. The maximum Gasteiger partial charge on any atom is 0.261 e. The average Bonchev–Trinajstić information content (AvgIpc) is 2.95. The maximum absolute atomic E-state index is 14.8. The molecule has 0 aliphatic carbocycles. The summed E-state index contributed by atoms with van der Waals surface area (Å²) in [6, 6.07) is 9.89. The minimum Gasteiger partial charge on any atom is -0.336 e. The molecule has 2 fully saturated rings. The van der Waals surface area contributed by atoms with E-state index in [1.54, 1.807) is 14.5 Å². The first kappa shape index (κ1) is 21.0. The third-order valence-corrected chi connectivity index (χ3v) is 6.34. The van der Waals surface area contributed by atoms with Gasteiger partial charge in [0.25, 0.3) is 5.92 Å². The van der Waals surface area contributed by atoms with Crippen molar-refractivity contribution in [1.29, 1.82) is 0 Å². The molecule has 0 bridgehead atoms. The Morgan fingerprint density at radius 3 is 2.63 bits per heavy atom. The molecule has 1 aromatic heterocycles. The Labute approximate surface area is 176 Å². The van der Waals surface area contributed by atoms with Gasteiger partial charge in [-0.15, -0.1) is 0 Å². The molecule has 2 aliphatic rings. The SMILES string of the molecule is Cc1cccc(CN2CC(F)(F)C[C@@]3(CCCN(Cc4cc(C)nn4C)C3=O)C2)c1. The van der Waals surface area contributed by atoms with Gasteiger partial charge in [0.15, 0.2) is 0 Å². The van der Waals surface area contributed by atoms with Gasteiger partial charge in [0.05, 0.1) is 29.9 Å². The third kappa shape index (κ3) is 4.26. The minimum atomic E-state index is -2.87. The second-order valence-electron chi connectivity index (χ2n) is 9.18. The Hall–Kier alpha value is -2.28. The molecule has 162 valence electrons. The lowest BCUT2D eigenvalue weighted by Gasteiger charge is -2.49. The van der Waals surface area contributed by atoms with Gasteiger partial charge in [-0.1, -0.05) is 29.8 Å². The Morgan fingerprint density at radius 1 is 1.13 bits per heavy atom. The zero-order valence-electron chi connectivity index (χ0n) is 18.0. The number of aromatic nitrogens is 2. The summed E-state index contributed by atoms with van der Waals surface area (Å²) in [5, 5.41) is 4.35. The molecule has 1 spiro atoms. The van der Waals surface area contributed by atoms with Crippen molar-refractivity contribution in [1.82, 2.24) is 19.6 Å². The highest BCUT2D eigenvalue weighted by Crippen LogP contribution is 2.45. The van der Waals surface area contributed by atoms with Crippen molar-refractivity contribution in [2.75, 3.05) is 19.6 Å². The van der Waals surface area contributed by atoms with E-state index in [4.69, 9.17) is 0 Å². The van der Waals surface area contributed by atoms with E-state index >= 15 is 0 Å². The molecule has 1 amide bonds. The number of rotatable bonds is 4. The van der Waals surface area contributed by atoms with Gasteiger partial charge >= 0.3 is 0 Å². The Kier molecular flexibility index (Phi) is 5.43. The van der Waals surface area contributed by atoms with Crippen LogP contribution in [-0.4, -0.2) is 51.0 Å². The van der Waals surface area contributed by atoms with E-state index in [9.17, 15) is 13.6 Å². The number of benzene rings is 1. The fourth-order valence-electron chi connectivity index (χ4n) is 5.22. The molecule has 2 aromatic rings. The molecule has 4 rings (SSSR count). The molecule has 1 atom stereocenters. The van der Waals surface area contributed by atoms with Crippen LogP contribution in [0.5, 0.6) is 0 Å². The number of carbonyl (C=O) groups excluding carboxylic acids is 1. The van der Waals surface area contributed by atoms with Crippen LogP contribution in [0.3, 0.4) is 0 Å². The highest BCUT2D eigenvalue weighted by atomic mass is 19.3. The van der Waals surface area contributed by atoms with Gasteiger partial charge in [-0.25, -0.2) is 8.78 Å². The molecule has 30 heavy (non-hydrogen) atoms. The van der Waals surface area contributed by atoms with Gasteiger partial charge in [0.2, 0.25) is 5.91 Å². The van der Waals surface area contributed by atoms with Gasteiger partial charge in [-0.05, 0) is 38.3 Å². The van der Waals surface area contributed by atoms with Crippen LogP contribution in [0.4, 0.5) is 8.78 Å². The number of hydrogen-bond acceptors (Lipinski definition) is 3. The summed E-state index contributed by atoms with van der Waals surface area (Å²) < 4.78 is 31.4. The number of hydrogen-bond donors (Lipinski definition) is 0. The predicted molar refractivity (Wildman–Crippen MR) is 111 cm³/mol. The van der Waals surface area contributed by atoms with Crippen molar-refractivity contribution in [3.05, 3.63) is 52.8 Å². The molecule has 5 nitrogen and oxygen atoms in total. The zero-order chi connectivity index (χ0) is 21.5. The molecule has 2 saturated heterocycles. The van der Waals surface area contributed by atoms with E-state index in [1.165, 1.54) is 0 Å². The molecule has 0 N–H and O–H groups in total. The van der Waals surface area contributed by atoms with Crippen LogP contribution in [0.25, 0.3) is 0 Å².